The molecule has 3 aliphatic heterocycles. The first-order chi connectivity index (χ1) is 13.0. The Morgan fingerprint density at radius 1 is 1.28 bits per heavy atom. The molecular formula is C19H24N4O4UV-2. The first kappa shape index (κ1) is 24.6. The van der Waals surface area contributed by atoms with Crippen molar-refractivity contribution < 1.29 is 68.7 Å². The molecule has 29 heavy (non-hydrogen) atoms. The van der Waals surface area contributed by atoms with Crippen LogP contribution in [-0.2, 0) is 32.8 Å². The molecule has 8 nitrogen and oxygen atoms in total. The van der Waals surface area contributed by atoms with Crippen molar-refractivity contribution in [3.05, 3.63) is 24.3 Å². The number of nitrogens with zero attached hydrogens (tertiary/aromatic N) is 3. The van der Waals surface area contributed by atoms with E-state index in [0.717, 1.165) is 31.9 Å². The van der Waals surface area contributed by atoms with Crippen LogP contribution in [0.4, 0.5) is 16.2 Å². The largest absolute Gasteiger partial charge is 0.443 e. The van der Waals surface area contributed by atoms with Gasteiger partial charge in [0.15, 0.2) is 0 Å². The van der Waals surface area contributed by atoms with Crippen LogP contribution in [0.2, 0.25) is 0 Å². The van der Waals surface area contributed by atoms with Gasteiger partial charge in [0.1, 0.15) is 6.10 Å². The Hall–Kier alpha value is -0.684. The Morgan fingerprint density at radius 3 is 2.66 bits per heavy atom. The zero-order valence-electron chi connectivity index (χ0n) is 16.6. The van der Waals surface area contributed by atoms with E-state index in [1.165, 1.54) is 6.92 Å². The third-order valence-electron chi connectivity index (χ3n) is 5.37. The molecule has 155 valence electrons. The molecule has 10 heteroatoms. The van der Waals surface area contributed by atoms with E-state index in [9.17, 15) is 9.59 Å². The monoisotopic (exact) mass is 661 g/mol. The number of fused-ring (bicyclic) bond motifs is 1. The van der Waals surface area contributed by atoms with E-state index in [0.29, 0.717) is 24.8 Å². The van der Waals surface area contributed by atoms with Gasteiger partial charge in [0.2, 0.25) is 5.91 Å². The number of anilines is 2. The molecular weight excluding hydrogens is 637 g/mol. The Balaban J connectivity index is 0.00000150. The maximum absolute atomic E-state index is 12.1. The van der Waals surface area contributed by atoms with Gasteiger partial charge in [-0.2, -0.15) is 5.69 Å². The number of benzene rings is 1. The summed E-state index contributed by atoms with van der Waals surface area (Å²) in [6.45, 7) is 5.59. The molecule has 2 amide bonds. The minimum absolute atomic E-state index is 0. The Labute approximate surface area is 206 Å². The first-order valence-electron chi connectivity index (χ1n) is 9.24. The smallest absolute Gasteiger partial charge is 0.393 e. The van der Waals surface area contributed by atoms with E-state index in [4.69, 9.17) is 9.47 Å². The van der Waals surface area contributed by atoms with Crippen LogP contribution in [0.3, 0.4) is 0 Å². The summed E-state index contributed by atoms with van der Waals surface area (Å²) >= 11 is 0. The average Bonchev–Trinajstić information content (AvgIpc) is 3.25. The maximum Gasteiger partial charge on any atom is 0.393 e. The number of cyclic esters (lactones) is 1. The number of hydrogen-bond donors (Lipinski definition) is 1. The van der Waals surface area contributed by atoms with Gasteiger partial charge in [0.25, 0.3) is 0 Å². The van der Waals surface area contributed by atoms with Gasteiger partial charge in [0, 0.05) is 82.8 Å². The molecule has 0 saturated carbocycles. The molecule has 4 rings (SSSR count). The molecule has 0 bridgehead atoms. The van der Waals surface area contributed by atoms with Crippen molar-refractivity contribution in [1.82, 2.24) is 10.2 Å². The van der Waals surface area contributed by atoms with Crippen LogP contribution in [0.1, 0.15) is 6.92 Å². The van der Waals surface area contributed by atoms with E-state index in [2.05, 4.69) is 34.3 Å². The molecule has 1 radical (unpaired) electrons. The number of morpholine rings is 1. The molecule has 3 aliphatic rings. The zero-order chi connectivity index (χ0) is 19.0. The fourth-order valence-electron chi connectivity index (χ4n) is 3.84. The summed E-state index contributed by atoms with van der Waals surface area (Å²) < 4.78 is 11.2. The molecule has 0 aliphatic carbocycles. The van der Waals surface area contributed by atoms with Gasteiger partial charge in [-0.05, 0) is 7.05 Å². The van der Waals surface area contributed by atoms with Gasteiger partial charge in [-0.25, -0.2) is 10.5 Å². The molecule has 3 unspecified atom stereocenters. The number of rotatable bonds is 4. The molecule has 0 aromatic heterocycles. The molecule has 3 atom stereocenters. The molecule has 1 aromatic carbocycles. The van der Waals surface area contributed by atoms with Crippen LogP contribution >= 0.6 is 0 Å². The van der Waals surface area contributed by atoms with Crippen LogP contribution in [0, 0.1) is 43.2 Å². The van der Waals surface area contributed by atoms with Gasteiger partial charge in [-0.3, -0.25) is 21.8 Å². The molecule has 3 fully saturated rings. The van der Waals surface area contributed by atoms with Crippen molar-refractivity contribution in [2.75, 3.05) is 56.2 Å². The molecule has 1 N–H and O–H groups in total. The van der Waals surface area contributed by atoms with Crippen molar-refractivity contribution in [3.8, 4) is 0 Å². The van der Waals surface area contributed by atoms with Crippen molar-refractivity contribution in [1.29, 1.82) is 0 Å². The molecule has 3 saturated heterocycles. The Bertz CT molecular complexity index is 723. The summed E-state index contributed by atoms with van der Waals surface area (Å²) in [5.74, 6) is -0.142. The predicted molar refractivity (Wildman–Crippen MR) is 98.8 cm³/mol. The number of hydrogen-bond acceptors (Lipinski definition) is 6. The summed E-state index contributed by atoms with van der Waals surface area (Å²) in [5, 5.41) is 2.67. The summed E-state index contributed by atoms with van der Waals surface area (Å²) in [6, 6.07) is 10.5. The molecule has 3 heterocycles. The number of likely N-dealkylation sites (N-methyl/N-ethyl adjacent to an activating group) is 1. The van der Waals surface area contributed by atoms with Gasteiger partial charge in [0.05, 0.1) is 25.3 Å². The number of carbonyl (C=O) groups excluding carboxylic acids is 2. The van der Waals surface area contributed by atoms with Crippen molar-refractivity contribution >= 4 is 23.4 Å². The van der Waals surface area contributed by atoms with Crippen LogP contribution in [0.25, 0.3) is 0 Å². The van der Waals surface area contributed by atoms with Crippen molar-refractivity contribution in [2.24, 2.45) is 0 Å². The number of ether oxygens (including phenoxy) is 2. The van der Waals surface area contributed by atoms with Gasteiger partial charge >= 0.3 is 6.09 Å². The summed E-state index contributed by atoms with van der Waals surface area (Å²) in [4.78, 5) is 29.2. The minimum atomic E-state index is -0.415. The maximum atomic E-state index is 12.1. The van der Waals surface area contributed by atoms with Gasteiger partial charge < -0.3 is 36.7 Å². The second-order valence-corrected chi connectivity index (χ2v) is 7.27. The SMILES string of the molecule is CC(=O)NCC1CN(c2c[c-]c(N3CC4OCCN(C)C4C3)[c-]c2)C(=O)O1.[U].[V]. The van der Waals surface area contributed by atoms with Gasteiger partial charge in [-0.1, -0.05) is 0 Å². The quantitative estimate of drug-likeness (QED) is 0.468. The summed E-state index contributed by atoms with van der Waals surface area (Å²) in [7, 11) is 2.14. The Kier molecular flexibility index (Phi) is 8.96. The third kappa shape index (κ3) is 5.52. The van der Waals surface area contributed by atoms with E-state index in [1.807, 2.05) is 0 Å². The van der Waals surface area contributed by atoms with E-state index in [1.54, 1.807) is 17.0 Å². The predicted octanol–water partition coefficient (Wildman–Crippen LogP) is 0.265. The summed E-state index contributed by atoms with van der Waals surface area (Å²) in [6.07, 6.45) is -0.550. The van der Waals surface area contributed by atoms with Crippen LogP contribution < -0.4 is 15.1 Å². The number of amides is 2. The van der Waals surface area contributed by atoms with Crippen LogP contribution in [-0.4, -0.2) is 81.5 Å². The van der Waals surface area contributed by atoms with E-state index < -0.39 is 6.09 Å². The second-order valence-electron chi connectivity index (χ2n) is 7.27. The average molecular weight is 661 g/mol. The first-order valence-corrected chi connectivity index (χ1v) is 9.24. The number of nitrogens with one attached hydrogen (secondary N) is 1. The molecule has 1 aromatic rings. The third-order valence-corrected chi connectivity index (χ3v) is 5.37. The second kappa shape index (κ2) is 10.6. The fourth-order valence-corrected chi connectivity index (χ4v) is 3.84. The zero-order valence-corrected chi connectivity index (χ0v) is 22.1. The van der Waals surface area contributed by atoms with E-state index in [-0.39, 0.29) is 67.8 Å². The van der Waals surface area contributed by atoms with Gasteiger partial charge in [-0.15, -0.1) is 0 Å². The standard InChI is InChI=1S/C19H24N4O4.U.V/c1-13(24)20-9-16-10-23(19(25)27-16)15-5-3-14(4-6-15)22-11-17-18(12-22)26-8-7-21(17)2;;/h5-6,16-18H,7-12H2,1-2H3,(H,20,24);;/q-2;;. The Morgan fingerprint density at radius 2 is 2.00 bits per heavy atom. The van der Waals surface area contributed by atoms with Crippen molar-refractivity contribution in [2.45, 2.75) is 25.2 Å². The van der Waals surface area contributed by atoms with Crippen molar-refractivity contribution in [3.63, 3.8) is 0 Å². The minimum Gasteiger partial charge on any atom is -0.443 e. The van der Waals surface area contributed by atoms with Crippen LogP contribution in [0.5, 0.6) is 0 Å². The van der Waals surface area contributed by atoms with E-state index >= 15 is 0 Å². The normalized spacial score (nSPS) is 26.3. The molecule has 0 spiro atoms. The topological polar surface area (TPSA) is 74.4 Å². The fraction of sp³-hybridized carbons (Fsp3) is 0.579. The number of carbonyl (C=O) groups is 2. The summed E-state index contributed by atoms with van der Waals surface area (Å²) in [5.41, 5.74) is 1.58. The van der Waals surface area contributed by atoms with Crippen LogP contribution in [0.15, 0.2) is 12.1 Å².